The second kappa shape index (κ2) is 10.2. The van der Waals surface area contributed by atoms with E-state index in [0.717, 1.165) is 66.8 Å². The van der Waals surface area contributed by atoms with Crippen LogP contribution >= 0.6 is 0 Å². The Balaban J connectivity index is 1.71. The summed E-state index contributed by atoms with van der Waals surface area (Å²) in [7, 11) is 1.69. The van der Waals surface area contributed by atoms with E-state index in [1.807, 2.05) is 103 Å². The Morgan fingerprint density at radius 2 is 1.07 bits per heavy atom. The number of hydrogen-bond acceptors (Lipinski definition) is 3. The van der Waals surface area contributed by atoms with Gasteiger partial charge in [-0.1, -0.05) is 121 Å². The first-order chi connectivity index (χ1) is 20.3. The van der Waals surface area contributed by atoms with E-state index in [4.69, 9.17) is 9.47 Å². The molecule has 0 N–H and O–H groups in total. The normalized spacial score (nSPS) is 12.1. The van der Waals surface area contributed by atoms with Gasteiger partial charge in [0.1, 0.15) is 23.1 Å². The molecule has 1 heterocycles. The van der Waals surface area contributed by atoms with Gasteiger partial charge in [0.05, 0.1) is 7.11 Å². The van der Waals surface area contributed by atoms with Gasteiger partial charge in [-0.2, -0.15) is 5.26 Å². The van der Waals surface area contributed by atoms with E-state index in [1.54, 1.807) is 7.11 Å². The SMILES string of the molecule is COc1ccc2c3c(c(C#N)c(-c4ccccc4)c(-c4ccccc4)c13)OC(c1ccccc1)=C2c1ccccc1. The third-order valence-electron chi connectivity index (χ3n) is 7.63. The van der Waals surface area contributed by atoms with Crippen molar-refractivity contribution < 1.29 is 9.47 Å². The molecule has 0 atom stereocenters. The van der Waals surface area contributed by atoms with Crippen LogP contribution in [0.4, 0.5) is 0 Å². The summed E-state index contributed by atoms with van der Waals surface area (Å²) in [6.07, 6.45) is 0. The number of hydrogen-bond donors (Lipinski definition) is 0. The summed E-state index contributed by atoms with van der Waals surface area (Å²) < 4.78 is 13.0. The van der Waals surface area contributed by atoms with Crippen LogP contribution in [-0.2, 0) is 0 Å². The van der Waals surface area contributed by atoms with E-state index in [9.17, 15) is 5.26 Å². The second-order valence-corrected chi connectivity index (χ2v) is 9.90. The molecule has 6 aromatic rings. The van der Waals surface area contributed by atoms with Crippen LogP contribution in [0, 0.1) is 11.3 Å². The molecule has 0 spiro atoms. The summed E-state index contributed by atoms with van der Waals surface area (Å²) in [4.78, 5) is 0. The van der Waals surface area contributed by atoms with Crippen molar-refractivity contribution in [2.75, 3.05) is 7.11 Å². The predicted molar refractivity (Wildman–Crippen MR) is 166 cm³/mol. The molecule has 0 aromatic heterocycles. The third-order valence-corrected chi connectivity index (χ3v) is 7.63. The van der Waals surface area contributed by atoms with E-state index >= 15 is 0 Å². The van der Waals surface area contributed by atoms with Gasteiger partial charge >= 0.3 is 0 Å². The van der Waals surface area contributed by atoms with Crippen molar-refractivity contribution in [2.24, 2.45) is 0 Å². The molecule has 1 aliphatic heterocycles. The van der Waals surface area contributed by atoms with Gasteiger partial charge in [-0.25, -0.2) is 0 Å². The molecule has 1 aliphatic rings. The minimum Gasteiger partial charge on any atom is -0.496 e. The Bertz CT molecular complexity index is 1970. The monoisotopic (exact) mass is 527 g/mol. The highest BCUT2D eigenvalue weighted by Gasteiger charge is 2.33. The molecular weight excluding hydrogens is 502 g/mol. The van der Waals surface area contributed by atoms with Gasteiger partial charge in [0, 0.05) is 33.0 Å². The summed E-state index contributed by atoms with van der Waals surface area (Å²) in [6.45, 7) is 0. The maximum Gasteiger partial charge on any atom is 0.154 e. The van der Waals surface area contributed by atoms with E-state index < -0.39 is 0 Å². The fraction of sp³-hybridized carbons (Fsp3) is 0.0263. The molecule has 194 valence electrons. The highest BCUT2D eigenvalue weighted by atomic mass is 16.5. The van der Waals surface area contributed by atoms with Crippen LogP contribution in [0.15, 0.2) is 133 Å². The molecule has 3 nitrogen and oxygen atoms in total. The summed E-state index contributed by atoms with van der Waals surface area (Å²) in [5, 5.41) is 12.6. The maximum absolute atomic E-state index is 10.8. The molecule has 0 radical (unpaired) electrons. The van der Waals surface area contributed by atoms with Crippen molar-refractivity contribution in [3.05, 3.63) is 156 Å². The maximum atomic E-state index is 10.8. The third kappa shape index (κ3) is 3.97. The Kier molecular flexibility index (Phi) is 6.07. The van der Waals surface area contributed by atoms with Crippen molar-refractivity contribution >= 4 is 22.1 Å². The van der Waals surface area contributed by atoms with Crippen molar-refractivity contribution in [3.8, 4) is 39.8 Å². The van der Waals surface area contributed by atoms with Gasteiger partial charge in [0.2, 0.25) is 0 Å². The lowest BCUT2D eigenvalue weighted by Crippen LogP contribution is -2.10. The smallest absolute Gasteiger partial charge is 0.154 e. The Morgan fingerprint density at radius 3 is 1.61 bits per heavy atom. The summed E-state index contributed by atoms with van der Waals surface area (Å²) in [6, 6.07) is 47.4. The molecular formula is C38H25NO2. The lowest BCUT2D eigenvalue weighted by molar-refractivity contribution is 0.419. The van der Waals surface area contributed by atoms with Gasteiger partial charge < -0.3 is 9.47 Å². The zero-order valence-electron chi connectivity index (χ0n) is 22.5. The van der Waals surface area contributed by atoms with Crippen LogP contribution in [-0.4, -0.2) is 7.11 Å². The van der Waals surface area contributed by atoms with Gasteiger partial charge in [-0.15, -0.1) is 0 Å². The first kappa shape index (κ1) is 24.5. The van der Waals surface area contributed by atoms with Gasteiger partial charge in [-0.3, -0.25) is 0 Å². The number of ether oxygens (including phenoxy) is 2. The number of rotatable bonds is 5. The zero-order valence-corrected chi connectivity index (χ0v) is 22.5. The Labute approximate surface area is 239 Å². The first-order valence-electron chi connectivity index (χ1n) is 13.5. The molecule has 6 aromatic carbocycles. The average Bonchev–Trinajstić information content (AvgIpc) is 3.06. The molecule has 0 amide bonds. The number of benzene rings is 6. The molecule has 0 aliphatic carbocycles. The lowest BCUT2D eigenvalue weighted by Gasteiger charge is -2.29. The minimum atomic E-state index is 0.498. The standard InChI is InChI=1S/C38H25NO2/c1-40-31-23-22-29-33(26-16-8-3-9-17-26)37(28-20-12-5-13-21-28)41-38-30(24-39)32(25-14-6-2-7-15-25)34(36(31)35(29)38)27-18-10-4-11-19-27/h2-23H,1H3. The molecule has 0 bridgehead atoms. The van der Waals surface area contributed by atoms with E-state index in [0.29, 0.717) is 11.3 Å². The minimum absolute atomic E-state index is 0.498. The first-order valence-corrected chi connectivity index (χ1v) is 13.5. The van der Waals surface area contributed by atoms with E-state index in [2.05, 4.69) is 36.4 Å². The van der Waals surface area contributed by atoms with Crippen LogP contribution in [0.3, 0.4) is 0 Å². The van der Waals surface area contributed by atoms with Gasteiger partial charge in [0.15, 0.2) is 5.75 Å². The van der Waals surface area contributed by atoms with Crippen molar-refractivity contribution in [2.45, 2.75) is 0 Å². The molecule has 3 heteroatoms. The fourth-order valence-electron chi connectivity index (χ4n) is 5.89. The number of nitrogens with zero attached hydrogens (tertiary/aromatic N) is 1. The predicted octanol–water partition coefficient (Wildman–Crippen LogP) is 9.36. The number of methoxy groups -OCH3 is 1. The van der Waals surface area contributed by atoms with Gasteiger partial charge in [-0.05, 0) is 34.4 Å². The summed E-state index contributed by atoms with van der Waals surface area (Å²) in [5.41, 5.74) is 8.18. The van der Waals surface area contributed by atoms with Crippen LogP contribution in [0.5, 0.6) is 11.5 Å². The summed E-state index contributed by atoms with van der Waals surface area (Å²) >= 11 is 0. The van der Waals surface area contributed by atoms with Crippen molar-refractivity contribution in [3.63, 3.8) is 0 Å². The molecule has 0 saturated heterocycles. The fourth-order valence-corrected chi connectivity index (χ4v) is 5.89. The van der Waals surface area contributed by atoms with Crippen LogP contribution < -0.4 is 9.47 Å². The molecule has 41 heavy (non-hydrogen) atoms. The van der Waals surface area contributed by atoms with Crippen LogP contribution in [0.25, 0.3) is 44.4 Å². The summed E-state index contributed by atoms with van der Waals surface area (Å²) in [5.74, 6) is 2.00. The van der Waals surface area contributed by atoms with Gasteiger partial charge in [0.25, 0.3) is 0 Å². The highest BCUT2D eigenvalue weighted by Crippen LogP contribution is 2.55. The Hall–Kier alpha value is -5.59. The average molecular weight is 528 g/mol. The second-order valence-electron chi connectivity index (χ2n) is 9.90. The Morgan fingerprint density at radius 1 is 0.561 bits per heavy atom. The van der Waals surface area contributed by atoms with E-state index in [1.165, 1.54) is 0 Å². The topological polar surface area (TPSA) is 42.2 Å². The van der Waals surface area contributed by atoms with Crippen molar-refractivity contribution in [1.29, 1.82) is 5.26 Å². The lowest BCUT2D eigenvalue weighted by atomic mass is 9.81. The van der Waals surface area contributed by atoms with Crippen molar-refractivity contribution in [1.82, 2.24) is 0 Å². The van der Waals surface area contributed by atoms with Crippen LogP contribution in [0.2, 0.25) is 0 Å². The number of nitriles is 1. The molecule has 7 rings (SSSR count). The highest BCUT2D eigenvalue weighted by molar-refractivity contribution is 6.19. The molecule has 0 unspecified atom stereocenters. The van der Waals surface area contributed by atoms with E-state index in [-0.39, 0.29) is 0 Å². The quantitative estimate of drug-likeness (QED) is 0.224. The zero-order chi connectivity index (χ0) is 27.8. The van der Waals surface area contributed by atoms with Crippen LogP contribution in [0.1, 0.15) is 22.3 Å². The molecule has 0 saturated carbocycles. The largest absolute Gasteiger partial charge is 0.496 e. The molecule has 0 fully saturated rings.